The van der Waals surface area contributed by atoms with E-state index in [9.17, 15) is 9.59 Å². The Morgan fingerprint density at radius 3 is 2.42 bits per heavy atom. The fourth-order valence-electron chi connectivity index (χ4n) is 3.23. The van der Waals surface area contributed by atoms with Crippen LogP contribution in [0.15, 0.2) is 107 Å². The van der Waals surface area contributed by atoms with Gasteiger partial charge in [-0.2, -0.15) is 0 Å². The van der Waals surface area contributed by atoms with Crippen molar-refractivity contribution in [2.45, 2.75) is 10.1 Å². The van der Waals surface area contributed by atoms with Gasteiger partial charge in [0.1, 0.15) is 11.0 Å². The van der Waals surface area contributed by atoms with E-state index in [4.69, 9.17) is 9.15 Å². The van der Waals surface area contributed by atoms with Crippen LogP contribution in [-0.4, -0.2) is 18.9 Å². The minimum absolute atomic E-state index is 0.180. The molecular weight excluding hydrogens is 436 g/mol. The van der Waals surface area contributed by atoms with Crippen LogP contribution in [0, 0.1) is 0 Å². The predicted molar refractivity (Wildman–Crippen MR) is 130 cm³/mol. The number of para-hydroxylation sites is 2. The normalized spacial score (nSPS) is 11.4. The van der Waals surface area contributed by atoms with Gasteiger partial charge in [-0.1, -0.05) is 48.5 Å². The summed E-state index contributed by atoms with van der Waals surface area (Å²) in [5, 5.41) is 5.28. The zero-order valence-corrected chi connectivity index (χ0v) is 18.7. The summed E-state index contributed by atoms with van der Waals surface area (Å²) in [7, 11) is 1.57. The molecule has 0 spiro atoms. The van der Waals surface area contributed by atoms with Crippen molar-refractivity contribution in [3.8, 4) is 5.75 Å². The standard InChI is InChI=1S/C26H22N2O4S/c1-31-22-14-6-5-13-21(22)28-26(30)24(18-9-3-2-4-10-18)33-20-12-7-11-19(17-20)27-25(29)23-15-8-16-32-23/h2-17,24H,1H3,(H,27,29)(H,28,30). The molecular formula is C26H22N2O4S. The van der Waals surface area contributed by atoms with Gasteiger partial charge in [-0.25, -0.2) is 0 Å². The van der Waals surface area contributed by atoms with E-state index in [1.807, 2.05) is 60.7 Å². The van der Waals surface area contributed by atoms with E-state index in [2.05, 4.69) is 10.6 Å². The zero-order chi connectivity index (χ0) is 23.0. The number of methoxy groups -OCH3 is 1. The molecule has 33 heavy (non-hydrogen) atoms. The number of nitrogens with one attached hydrogen (secondary N) is 2. The Morgan fingerprint density at radius 1 is 0.879 bits per heavy atom. The van der Waals surface area contributed by atoms with Gasteiger partial charge in [0.25, 0.3) is 5.91 Å². The summed E-state index contributed by atoms with van der Waals surface area (Å²) in [6, 6.07) is 27.5. The van der Waals surface area contributed by atoms with Crippen LogP contribution in [0.5, 0.6) is 5.75 Å². The number of carbonyl (C=O) groups excluding carboxylic acids is 2. The van der Waals surface area contributed by atoms with Gasteiger partial charge in [-0.15, -0.1) is 11.8 Å². The van der Waals surface area contributed by atoms with Crippen LogP contribution in [0.25, 0.3) is 0 Å². The number of rotatable bonds is 8. The van der Waals surface area contributed by atoms with E-state index >= 15 is 0 Å². The average molecular weight is 459 g/mol. The second kappa shape index (κ2) is 10.6. The number of benzene rings is 3. The first-order valence-corrected chi connectivity index (χ1v) is 11.1. The molecule has 0 saturated heterocycles. The maximum atomic E-state index is 13.3. The highest BCUT2D eigenvalue weighted by Gasteiger charge is 2.23. The van der Waals surface area contributed by atoms with Crippen molar-refractivity contribution < 1.29 is 18.7 Å². The number of furan rings is 1. The van der Waals surface area contributed by atoms with Crippen LogP contribution in [0.1, 0.15) is 21.4 Å². The molecule has 1 heterocycles. The maximum Gasteiger partial charge on any atom is 0.291 e. The zero-order valence-electron chi connectivity index (χ0n) is 17.9. The molecule has 0 bridgehead atoms. The Labute approximate surface area is 196 Å². The smallest absolute Gasteiger partial charge is 0.291 e. The second-order valence-corrected chi connectivity index (χ2v) is 8.24. The maximum absolute atomic E-state index is 13.3. The fourth-order valence-corrected chi connectivity index (χ4v) is 4.31. The van der Waals surface area contributed by atoms with Crippen LogP contribution >= 0.6 is 11.8 Å². The van der Waals surface area contributed by atoms with Gasteiger partial charge in [0, 0.05) is 10.6 Å². The number of thioether (sulfide) groups is 1. The molecule has 4 aromatic rings. The molecule has 166 valence electrons. The van der Waals surface area contributed by atoms with E-state index in [1.165, 1.54) is 18.0 Å². The summed E-state index contributed by atoms with van der Waals surface area (Å²) in [4.78, 5) is 26.5. The third-order valence-corrected chi connectivity index (χ3v) is 6.04. The molecule has 7 heteroatoms. The molecule has 0 aliphatic rings. The van der Waals surface area contributed by atoms with E-state index in [0.29, 0.717) is 17.1 Å². The summed E-state index contributed by atoms with van der Waals surface area (Å²) in [5.74, 6) is 0.299. The Bertz CT molecular complexity index is 1230. The van der Waals surface area contributed by atoms with Crippen molar-refractivity contribution in [2.24, 2.45) is 0 Å². The largest absolute Gasteiger partial charge is 0.495 e. The van der Waals surface area contributed by atoms with E-state index in [0.717, 1.165) is 10.5 Å². The number of anilines is 2. The minimum Gasteiger partial charge on any atom is -0.495 e. The highest BCUT2D eigenvalue weighted by molar-refractivity contribution is 8.00. The van der Waals surface area contributed by atoms with E-state index in [-0.39, 0.29) is 17.6 Å². The highest BCUT2D eigenvalue weighted by atomic mass is 32.2. The Balaban J connectivity index is 1.56. The van der Waals surface area contributed by atoms with Crippen molar-refractivity contribution in [1.82, 2.24) is 0 Å². The lowest BCUT2D eigenvalue weighted by Gasteiger charge is -2.18. The Kier molecular flexibility index (Phi) is 7.12. The summed E-state index contributed by atoms with van der Waals surface area (Å²) < 4.78 is 10.5. The molecule has 4 rings (SSSR count). The first kappa shape index (κ1) is 22.2. The average Bonchev–Trinajstić information content (AvgIpc) is 3.39. The van der Waals surface area contributed by atoms with Crippen LogP contribution in [0.2, 0.25) is 0 Å². The number of amides is 2. The van der Waals surface area contributed by atoms with Crippen molar-refractivity contribution in [3.05, 3.63) is 109 Å². The molecule has 2 N–H and O–H groups in total. The number of hydrogen-bond acceptors (Lipinski definition) is 5. The lowest BCUT2D eigenvalue weighted by molar-refractivity contribution is -0.115. The summed E-state index contributed by atoms with van der Waals surface area (Å²) in [6.45, 7) is 0. The lowest BCUT2D eigenvalue weighted by atomic mass is 10.1. The van der Waals surface area contributed by atoms with Gasteiger partial charge in [0.15, 0.2) is 5.76 Å². The molecule has 0 radical (unpaired) electrons. The van der Waals surface area contributed by atoms with Crippen molar-refractivity contribution >= 4 is 35.0 Å². The third-order valence-electron chi connectivity index (χ3n) is 4.80. The van der Waals surface area contributed by atoms with Crippen molar-refractivity contribution in [1.29, 1.82) is 0 Å². The van der Waals surface area contributed by atoms with E-state index in [1.54, 1.807) is 37.4 Å². The topological polar surface area (TPSA) is 80.6 Å². The van der Waals surface area contributed by atoms with Gasteiger partial charge < -0.3 is 19.8 Å². The molecule has 6 nitrogen and oxygen atoms in total. The molecule has 1 unspecified atom stereocenters. The van der Waals surface area contributed by atoms with Crippen molar-refractivity contribution in [3.63, 3.8) is 0 Å². The lowest BCUT2D eigenvalue weighted by Crippen LogP contribution is -2.19. The minimum atomic E-state index is -0.521. The first-order valence-electron chi connectivity index (χ1n) is 10.2. The molecule has 0 aliphatic carbocycles. The third kappa shape index (κ3) is 5.64. The second-order valence-electron chi connectivity index (χ2n) is 7.06. The highest BCUT2D eigenvalue weighted by Crippen LogP contribution is 2.38. The van der Waals surface area contributed by atoms with Crippen LogP contribution in [0.4, 0.5) is 11.4 Å². The number of carbonyl (C=O) groups is 2. The van der Waals surface area contributed by atoms with Gasteiger partial charge in [0.2, 0.25) is 5.91 Å². The SMILES string of the molecule is COc1ccccc1NC(=O)C(Sc1cccc(NC(=O)c2ccco2)c1)c1ccccc1. The monoisotopic (exact) mass is 458 g/mol. The Hall–Kier alpha value is -3.97. The van der Waals surface area contributed by atoms with Crippen LogP contribution in [-0.2, 0) is 4.79 Å². The fraction of sp³-hybridized carbons (Fsp3) is 0.0769. The predicted octanol–water partition coefficient (Wildman–Crippen LogP) is 6.01. The molecule has 0 fully saturated rings. The molecule has 3 aromatic carbocycles. The molecule has 0 saturated carbocycles. The molecule has 2 amide bonds. The summed E-state index contributed by atoms with van der Waals surface area (Å²) >= 11 is 1.39. The van der Waals surface area contributed by atoms with Crippen molar-refractivity contribution in [2.75, 3.05) is 17.7 Å². The summed E-state index contributed by atoms with van der Waals surface area (Å²) in [5.41, 5.74) is 2.07. The molecule has 1 aromatic heterocycles. The van der Waals surface area contributed by atoms with Gasteiger partial charge in [-0.05, 0) is 48.0 Å². The quantitative estimate of drug-likeness (QED) is 0.316. The summed E-state index contributed by atoms with van der Waals surface area (Å²) in [6.07, 6.45) is 1.45. The molecule has 0 aliphatic heterocycles. The van der Waals surface area contributed by atoms with Gasteiger partial charge >= 0.3 is 0 Å². The van der Waals surface area contributed by atoms with E-state index < -0.39 is 5.25 Å². The van der Waals surface area contributed by atoms with Gasteiger partial charge in [-0.3, -0.25) is 9.59 Å². The number of hydrogen-bond donors (Lipinski definition) is 2. The molecule has 1 atom stereocenters. The Morgan fingerprint density at radius 2 is 1.67 bits per heavy atom. The van der Waals surface area contributed by atoms with Gasteiger partial charge in [0.05, 0.1) is 19.1 Å². The number of ether oxygens (including phenoxy) is 1. The van der Waals surface area contributed by atoms with Crippen LogP contribution in [0.3, 0.4) is 0 Å². The van der Waals surface area contributed by atoms with Crippen LogP contribution < -0.4 is 15.4 Å². The first-order chi connectivity index (χ1) is 16.1.